The van der Waals surface area contributed by atoms with Gasteiger partial charge in [0.2, 0.25) is 0 Å². The van der Waals surface area contributed by atoms with Gasteiger partial charge >= 0.3 is 11.3 Å². The van der Waals surface area contributed by atoms with Gasteiger partial charge in [0.25, 0.3) is 0 Å². The number of fused-ring (bicyclic) bond motifs is 1. The second-order valence-corrected chi connectivity index (χ2v) is 10.0. The van der Waals surface area contributed by atoms with Crippen molar-refractivity contribution in [3.63, 3.8) is 0 Å². The van der Waals surface area contributed by atoms with Gasteiger partial charge in [0.15, 0.2) is 23.0 Å². The summed E-state index contributed by atoms with van der Waals surface area (Å²) < 4.78 is 28.8. The number of aromatic amines is 1. The largest absolute Gasteiger partial charge is 0.490 e. The Kier molecular flexibility index (Phi) is 8.88. The second-order valence-electron chi connectivity index (χ2n) is 8.79. The number of anilines is 1. The first-order valence-electron chi connectivity index (χ1n) is 12.3. The molecule has 0 bridgehead atoms. The number of nitrogens with zero attached hydrogens (tertiary/aromatic N) is 3. The van der Waals surface area contributed by atoms with Crippen molar-refractivity contribution >= 4 is 34.2 Å². The number of H-pyrrole nitrogens is 1. The highest BCUT2D eigenvalue weighted by Gasteiger charge is 2.14. The van der Waals surface area contributed by atoms with Gasteiger partial charge in [-0.25, -0.2) is 4.98 Å². The number of halogens is 1. The summed E-state index contributed by atoms with van der Waals surface area (Å²) in [5.41, 5.74) is 3.83. The normalized spacial score (nSPS) is 12.1. The molecule has 2 aromatic heterocycles. The van der Waals surface area contributed by atoms with Crippen LogP contribution in [0.2, 0.25) is 5.02 Å². The standard InChI is InChI=1S/C26H32ClN5O3S/c1-4-5-6-7-8-9-16-34-22-15-10-18(2)17-23(22)35-36(33)31-21-13-11-20(12-14-21)25-28-26-24(27)19(3)29-32(26)30-25/h10-15,17,29,31H,4-9,16H2,1-3H3. The summed E-state index contributed by atoms with van der Waals surface area (Å²) in [6.45, 7) is 6.64. The first-order chi connectivity index (χ1) is 17.4. The summed E-state index contributed by atoms with van der Waals surface area (Å²) in [5.74, 6) is 1.59. The number of hydrogen-bond donors (Lipinski definition) is 2. The van der Waals surface area contributed by atoms with Crippen molar-refractivity contribution in [1.29, 1.82) is 0 Å². The number of nitrogens with one attached hydrogen (secondary N) is 2. The van der Waals surface area contributed by atoms with Crippen molar-refractivity contribution < 1.29 is 13.1 Å². The zero-order valence-electron chi connectivity index (χ0n) is 20.8. The van der Waals surface area contributed by atoms with Crippen LogP contribution < -0.4 is 13.6 Å². The van der Waals surface area contributed by atoms with Crippen molar-refractivity contribution in [2.75, 3.05) is 11.3 Å². The molecule has 0 aliphatic heterocycles. The van der Waals surface area contributed by atoms with Crippen LogP contribution in [-0.2, 0) is 11.3 Å². The molecule has 1 atom stereocenters. The summed E-state index contributed by atoms with van der Waals surface area (Å²) >= 11 is 4.45. The maximum absolute atomic E-state index is 12.7. The number of benzene rings is 2. The molecule has 8 nitrogen and oxygen atoms in total. The molecule has 0 saturated heterocycles. The first kappa shape index (κ1) is 26.0. The van der Waals surface area contributed by atoms with Gasteiger partial charge in [-0.3, -0.25) is 9.82 Å². The van der Waals surface area contributed by atoms with Gasteiger partial charge < -0.3 is 8.92 Å². The zero-order chi connectivity index (χ0) is 25.5. The van der Waals surface area contributed by atoms with Crippen molar-refractivity contribution in [3.05, 3.63) is 58.7 Å². The SMILES string of the molecule is CCCCCCCCOc1ccc(C)cc1OS(=O)Nc1ccc(-c2nc3c(Cl)c(C)[nH]n3n2)cc1. The molecule has 36 heavy (non-hydrogen) atoms. The fourth-order valence-electron chi connectivity index (χ4n) is 3.78. The number of rotatable bonds is 13. The number of hydrogen-bond acceptors (Lipinski definition) is 5. The molecule has 0 spiro atoms. The van der Waals surface area contributed by atoms with Crippen molar-refractivity contribution in [2.24, 2.45) is 0 Å². The van der Waals surface area contributed by atoms with Crippen LogP contribution in [0, 0.1) is 13.8 Å². The van der Waals surface area contributed by atoms with Crippen LogP contribution in [0.5, 0.6) is 11.5 Å². The molecule has 0 amide bonds. The van der Waals surface area contributed by atoms with E-state index in [9.17, 15) is 4.21 Å². The Hall–Kier alpha value is -3.04. The predicted molar refractivity (Wildman–Crippen MR) is 145 cm³/mol. The Labute approximate surface area is 219 Å². The van der Waals surface area contributed by atoms with Crippen molar-refractivity contribution in [1.82, 2.24) is 19.8 Å². The lowest BCUT2D eigenvalue weighted by Gasteiger charge is -2.13. The molecule has 192 valence electrons. The maximum Gasteiger partial charge on any atom is 0.316 e. The molecular weight excluding hydrogens is 498 g/mol. The van der Waals surface area contributed by atoms with E-state index >= 15 is 0 Å². The molecule has 10 heteroatoms. The third kappa shape index (κ3) is 6.59. The average molecular weight is 530 g/mol. The van der Waals surface area contributed by atoms with Gasteiger partial charge in [0.1, 0.15) is 5.02 Å². The Morgan fingerprint density at radius 3 is 2.53 bits per heavy atom. The minimum Gasteiger partial charge on any atom is -0.490 e. The quantitative estimate of drug-likeness (QED) is 0.186. The van der Waals surface area contributed by atoms with E-state index in [4.69, 9.17) is 20.5 Å². The minimum absolute atomic E-state index is 0.452. The molecule has 2 aromatic carbocycles. The fraction of sp³-hybridized carbons (Fsp3) is 0.385. The van der Waals surface area contributed by atoms with Gasteiger partial charge in [-0.1, -0.05) is 56.7 Å². The smallest absolute Gasteiger partial charge is 0.316 e. The van der Waals surface area contributed by atoms with E-state index < -0.39 is 11.3 Å². The topological polar surface area (TPSA) is 93.5 Å². The molecule has 0 saturated carbocycles. The first-order valence-corrected chi connectivity index (χ1v) is 13.7. The number of ether oxygens (including phenoxy) is 1. The van der Waals surface area contributed by atoms with Gasteiger partial charge in [-0.05, 0) is 62.2 Å². The van der Waals surface area contributed by atoms with Crippen LogP contribution in [0.1, 0.15) is 56.7 Å². The molecule has 4 rings (SSSR count). The lowest BCUT2D eigenvalue weighted by Crippen LogP contribution is -2.12. The minimum atomic E-state index is -1.80. The molecule has 2 N–H and O–H groups in total. The lowest BCUT2D eigenvalue weighted by molar-refractivity contribution is 0.296. The van der Waals surface area contributed by atoms with Crippen LogP contribution >= 0.6 is 11.6 Å². The maximum atomic E-state index is 12.7. The predicted octanol–water partition coefficient (Wildman–Crippen LogP) is 6.80. The molecule has 0 aliphatic rings. The number of aromatic nitrogens is 4. The highest BCUT2D eigenvalue weighted by molar-refractivity contribution is 7.82. The van der Waals surface area contributed by atoms with Crippen LogP contribution in [0.15, 0.2) is 42.5 Å². The lowest BCUT2D eigenvalue weighted by atomic mass is 10.1. The third-order valence-corrected chi connectivity index (χ3v) is 6.96. The Balaban J connectivity index is 1.33. The molecule has 1 unspecified atom stereocenters. The Morgan fingerprint density at radius 1 is 1.03 bits per heavy atom. The van der Waals surface area contributed by atoms with Crippen LogP contribution in [0.3, 0.4) is 0 Å². The number of aryl methyl sites for hydroxylation is 2. The summed E-state index contributed by atoms with van der Waals surface area (Å²) in [5, 5.41) is 8.02. The fourth-order valence-corrected chi connectivity index (χ4v) is 4.61. The van der Waals surface area contributed by atoms with Crippen LogP contribution in [0.4, 0.5) is 5.69 Å². The molecule has 0 radical (unpaired) electrons. The Morgan fingerprint density at radius 2 is 1.78 bits per heavy atom. The summed E-state index contributed by atoms with van der Waals surface area (Å²) in [7, 11) is 0. The van der Waals surface area contributed by atoms with E-state index in [0.717, 1.165) is 29.7 Å². The highest BCUT2D eigenvalue weighted by Crippen LogP contribution is 2.30. The van der Waals surface area contributed by atoms with Crippen molar-refractivity contribution in [2.45, 2.75) is 59.3 Å². The molecule has 0 aliphatic carbocycles. The van der Waals surface area contributed by atoms with Crippen LogP contribution in [0.25, 0.3) is 17.0 Å². The molecule has 0 fully saturated rings. The van der Waals surface area contributed by atoms with Gasteiger partial charge in [0, 0.05) is 11.3 Å². The van der Waals surface area contributed by atoms with Crippen LogP contribution in [-0.4, -0.2) is 30.6 Å². The van der Waals surface area contributed by atoms with E-state index in [2.05, 4.69) is 26.8 Å². The third-order valence-electron chi connectivity index (χ3n) is 5.77. The molecule has 4 aromatic rings. The van der Waals surface area contributed by atoms with E-state index in [1.165, 1.54) is 25.7 Å². The average Bonchev–Trinajstić information content (AvgIpc) is 3.38. The van der Waals surface area contributed by atoms with Gasteiger partial charge in [-0.2, -0.15) is 8.84 Å². The highest BCUT2D eigenvalue weighted by atomic mass is 35.5. The van der Waals surface area contributed by atoms with E-state index in [1.807, 2.05) is 44.2 Å². The summed E-state index contributed by atoms with van der Waals surface area (Å²) in [6.07, 6.45) is 7.14. The Bertz CT molecular complexity index is 1320. The molecule has 2 heterocycles. The van der Waals surface area contributed by atoms with E-state index in [-0.39, 0.29) is 0 Å². The van der Waals surface area contributed by atoms with Gasteiger partial charge in [-0.15, -0.1) is 5.10 Å². The summed E-state index contributed by atoms with van der Waals surface area (Å²) in [4.78, 5) is 4.49. The monoisotopic (exact) mass is 529 g/mol. The van der Waals surface area contributed by atoms with Crippen molar-refractivity contribution in [3.8, 4) is 22.9 Å². The van der Waals surface area contributed by atoms with E-state index in [0.29, 0.717) is 40.3 Å². The van der Waals surface area contributed by atoms with Gasteiger partial charge in [0.05, 0.1) is 12.3 Å². The number of unbranched alkanes of at least 4 members (excludes halogenated alkanes) is 5. The summed E-state index contributed by atoms with van der Waals surface area (Å²) in [6, 6.07) is 12.9. The second kappa shape index (κ2) is 12.3. The zero-order valence-corrected chi connectivity index (χ0v) is 22.4. The van der Waals surface area contributed by atoms with E-state index in [1.54, 1.807) is 16.8 Å². The molecular formula is C26H32ClN5O3S.